The lowest BCUT2D eigenvalue weighted by Crippen LogP contribution is -2.47. The average molecular weight is 598 g/mol. The van der Waals surface area contributed by atoms with E-state index in [0.717, 1.165) is 34.0 Å². The minimum absolute atomic E-state index is 0.0562. The van der Waals surface area contributed by atoms with Gasteiger partial charge >= 0.3 is 5.97 Å². The van der Waals surface area contributed by atoms with Gasteiger partial charge in [0.2, 0.25) is 5.91 Å². The Bertz CT molecular complexity index is 1340. The van der Waals surface area contributed by atoms with Gasteiger partial charge in [0.05, 0.1) is 17.8 Å². The topological polar surface area (TPSA) is 72.5 Å². The maximum absolute atomic E-state index is 13.7. The first-order valence-electron chi connectivity index (χ1n) is 13.8. The van der Waals surface area contributed by atoms with Crippen molar-refractivity contribution in [3.63, 3.8) is 0 Å². The zero-order valence-electron chi connectivity index (χ0n) is 23.8. The Labute approximate surface area is 256 Å². The highest BCUT2D eigenvalue weighted by molar-refractivity contribution is 8.13. The Balaban J connectivity index is 1.67. The van der Waals surface area contributed by atoms with Gasteiger partial charge in [0.1, 0.15) is 6.04 Å². The smallest absolute Gasteiger partial charge is 0.329 e. The van der Waals surface area contributed by atoms with E-state index in [1.165, 1.54) is 14.0 Å². The first-order valence-corrected chi connectivity index (χ1v) is 15.8. The molecule has 2 atom stereocenters. The lowest BCUT2D eigenvalue weighted by atomic mass is 9.84. The first-order chi connectivity index (χ1) is 20.4. The summed E-state index contributed by atoms with van der Waals surface area (Å²) in [6.45, 7) is 1.49. The first kappa shape index (κ1) is 31.1. The molecule has 0 bridgehead atoms. The van der Waals surface area contributed by atoms with Crippen LogP contribution in [0, 0.1) is 5.92 Å². The SMILES string of the molecule is COC(=O)[C@H](CSC(c1ccccc1)(c1ccccc1)c1ccccc1)NC(=O)[C@H](CSC(C)=O)Cc1ccccc1. The lowest BCUT2D eigenvalue weighted by molar-refractivity contribution is -0.144. The molecule has 0 saturated heterocycles. The summed E-state index contributed by atoms with van der Waals surface area (Å²) in [7, 11) is 1.33. The van der Waals surface area contributed by atoms with Crippen LogP contribution >= 0.6 is 23.5 Å². The molecule has 0 aliphatic heterocycles. The van der Waals surface area contributed by atoms with Crippen LogP contribution in [-0.4, -0.2) is 41.6 Å². The van der Waals surface area contributed by atoms with Crippen LogP contribution in [0.1, 0.15) is 29.2 Å². The van der Waals surface area contributed by atoms with Crippen LogP contribution in [-0.2, 0) is 30.3 Å². The molecule has 4 aromatic rings. The number of benzene rings is 4. The number of esters is 1. The van der Waals surface area contributed by atoms with Gasteiger partial charge in [-0.3, -0.25) is 9.59 Å². The van der Waals surface area contributed by atoms with Gasteiger partial charge in [0.25, 0.3) is 0 Å². The maximum atomic E-state index is 13.7. The van der Waals surface area contributed by atoms with E-state index in [-0.39, 0.29) is 16.8 Å². The molecule has 0 unspecified atom stereocenters. The fourth-order valence-corrected chi connectivity index (χ4v) is 7.17. The predicted octanol–water partition coefficient (Wildman–Crippen LogP) is 6.51. The van der Waals surface area contributed by atoms with E-state index in [2.05, 4.69) is 41.7 Å². The molecule has 4 aromatic carbocycles. The minimum atomic E-state index is -0.899. The highest BCUT2D eigenvalue weighted by Crippen LogP contribution is 2.48. The molecule has 0 fully saturated rings. The van der Waals surface area contributed by atoms with Crippen molar-refractivity contribution in [2.75, 3.05) is 18.6 Å². The van der Waals surface area contributed by atoms with E-state index in [1.54, 1.807) is 11.8 Å². The number of carbonyl (C=O) groups is 3. The van der Waals surface area contributed by atoms with Gasteiger partial charge < -0.3 is 10.1 Å². The van der Waals surface area contributed by atoms with Gasteiger partial charge in [0, 0.05) is 18.4 Å². The van der Waals surface area contributed by atoms with E-state index >= 15 is 0 Å². The molecule has 0 aliphatic rings. The molecule has 7 heteroatoms. The Morgan fingerprint density at radius 1 is 0.714 bits per heavy atom. The Hall–Kier alpha value is -3.81. The van der Waals surface area contributed by atoms with Crippen LogP contribution in [0.3, 0.4) is 0 Å². The van der Waals surface area contributed by atoms with Crippen LogP contribution < -0.4 is 5.32 Å². The van der Waals surface area contributed by atoms with Crippen molar-refractivity contribution in [1.82, 2.24) is 5.32 Å². The van der Waals surface area contributed by atoms with Gasteiger partial charge in [-0.2, -0.15) is 0 Å². The molecular weight excluding hydrogens is 563 g/mol. The monoisotopic (exact) mass is 597 g/mol. The van der Waals surface area contributed by atoms with Crippen LogP contribution in [0.25, 0.3) is 0 Å². The van der Waals surface area contributed by atoms with Crippen molar-refractivity contribution in [3.8, 4) is 0 Å². The van der Waals surface area contributed by atoms with E-state index in [9.17, 15) is 14.4 Å². The summed E-state index contributed by atoms with van der Waals surface area (Å²) in [5, 5.41) is 2.92. The van der Waals surface area contributed by atoms with Crippen LogP contribution in [0.15, 0.2) is 121 Å². The van der Waals surface area contributed by atoms with Crippen molar-refractivity contribution >= 4 is 40.5 Å². The van der Waals surface area contributed by atoms with Crippen molar-refractivity contribution in [2.24, 2.45) is 5.92 Å². The molecule has 4 rings (SSSR count). The molecule has 1 N–H and O–H groups in total. The number of nitrogens with one attached hydrogen (secondary N) is 1. The third-order valence-electron chi connectivity index (χ3n) is 6.99. The second-order valence-electron chi connectivity index (χ2n) is 9.86. The second kappa shape index (κ2) is 15.4. The highest BCUT2D eigenvalue weighted by Gasteiger charge is 2.39. The molecule has 216 valence electrons. The van der Waals surface area contributed by atoms with Crippen molar-refractivity contribution < 1.29 is 19.1 Å². The molecule has 42 heavy (non-hydrogen) atoms. The van der Waals surface area contributed by atoms with Gasteiger partial charge in [-0.05, 0) is 28.7 Å². The second-order valence-corrected chi connectivity index (χ2v) is 12.3. The number of carbonyl (C=O) groups excluding carboxylic acids is 3. The van der Waals surface area contributed by atoms with Gasteiger partial charge in [0.15, 0.2) is 5.12 Å². The summed E-state index contributed by atoms with van der Waals surface area (Å²) in [5.74, 6) is -0.723. The summed E-state index contributed by atoms with van der Waals surface area (Å²) < 4.78 is 4.51. The normalized spacial score (nSPS) is 12.6. The van der Waals surface area contributed by atoms with Gasteiger partial charge in [-0.1, -0.05) is 133 Å². The van der Waals surface area contributed by atoms with Crippen LogP contribution in [0.2, 0.25) is 0 Å². The van der Waals surface area contributed by atoms with Gasteiger partial charge in [-0.25, -0.2) is 4.79 Å². The summed E-state index contributed by atoms with van der Waals surface area (Å²) >= 11 is 2.70. The number of hydrogen-bond acceptors (Lipinski definition) is 6. The molecule has 0 spiro atoms. The third kappa shape index (κ3) is 7.93. The Morgan fingerprint density at radius 2 is 1.17 bits per heavy atom. The Morgan fingerprint density at radius 3 is 1.60 bits per heavy atom. The minimum Gasteiger partial charge on any atom is -0.467 e. The van der Waals surface area contributed by atoms with Crippen molar-refractivity contribution in [1.29, 1.82) is 0 Å². The lowest BCUT2D eigenvalue weighted by Gasteiger charge is -2.36. The van der Waals surface area contributed by atoms with Crippen LogP contribution in [0.5, 0.6) is 0 Å². The zero-order chi connectivity index (χ0) is 29.8. The molecule has 0 heterocycles. The number of hydrogen-bond donors (Lipinski definition) is 1. The van der Waals surface area contributed by atoms with Gasteiger partial charge in [-0.15, -0.1) is 11.8 Å². The third-order valence-corrected chi connectivity index (χ3v) is 9.61. The molecule has 0 saturated carbocycles. The number of ether oxygens (including phenoxy) is 1. The molecule has 0 aromatic heterocycles. The Kier molecular flexibility index (Phi) is 11.4. The summed E-state index contributed by atoms with van der Waals surface area (Å²) in [6, 6.07) is 39.4. The largest absolute Gasteiger partial charge is 0.467 e. The summed E-state index contributed by atoms with van der Waals surface area (Å²) in [4.78, 5) is 38.6. The van der Waals surface area contributed by atoms with E-state index in [1.807, 2.05) is 84.9 Å². The number of rotatable bonds is 13. The average Bonchev–Trinajstić information content (AvgIpc) is 3.04. The molecule has 5 nitrogen and oxygen atoms in total. The van der Waals surface area contributed by atoms with Crippen molar-refractivity contribution in [2.45, 2.75) is 24.1 Å². The van der Waals surface area contributed by atoms with E-state index in [4.69, 9.17) is 4.74 Å². The standard InChI is InChI=1S/C35H35NO4S2/c1-26(37)41-24-28(23-27-15-7-3-8-16-27)33(38)36-32(34(39)40-2)25-42-35(29-17-9-4-10-18-29,30-19-11-5-12-20-30)31-21-13-6-14-22-31/h3-22,28,32H,23-25H2,1-2H3,(H,36,38)/t28-,32-/m0/s1. The maximum Gasteiger partial charge on any atom is 0.329 e. The molecule has 0 radical (unpaired) electrons. The van der Waals surface area contributed by atoms with Crippen LogP contribution in [0.4, 0.5) is 0 Å². The molecule has 1 amide bonds. The predicted molar refractivity (Wildman–Crippen MR) is 172 cm³/mol. The summed E-state index contributed by atoms with van der Waals surface area (Å²) in [5.41, 5.74) is 4.16. The van der Waals surface area contributed by atoms with E-state index < -0.39 is 22.7 Å². The quantitative estimate of drug-likeness (QED) is 0.140. The fourth-order valence-electron chi connectivity index (χ4n) is 4.92. The number of methoxy groups -OCH3 is 1. The zero-order valence-corrected chi connectivity index (χ0v) is 25.4. The van der Waals surface area contributed by atoms with Crippen molar-refractivity contribution in [3.05, 3.63) is 144 Å². The summed E-state index contributed by atoms with van der Waals surface area (Å²) in [6.07, 6.45) is 0.454. The number of thioether (sulfide) groups is 2. The highest BCUT2D eigenvalue weighted by atomic mass is 32.2. The van der Waals surface area contributed by atoms with E-state index in [0.29, 0.717) is 12.2 Å². The fraction of sp³-hybridized carbons (Fsp3) is 0.229. The molecular formula is C35H35NO4S2. The number of amides is 1. The molecule has 0 aliphatic carbocycles.